The van der Waals surface area contributed by atoms with Crippen LogP contribution in [0.1, 0.15) is 33.7 Å². The number of amides is 1. The van der Waals surface area contributed by atoms with Crippen LogP contribution >= 0.6 is 11.3 Å². The van der Waals surface area contributed by atoms with Crippen molar-refractivity contribution in [2.24, 2.45) is 7.05 Å². The molecule has 1 saturated heterocycles. The van der Waals surface area contributed by atoms with E-state index in [4.69, 9.17) is 4.74 Å². The van der Waals surface area contributed by atoms with E-state index in [9.17, 15) is 9.90 Å². The average molecular weight is 463 g/mol. The van der Waals surface area contributed by atoms with Gasteiger partial charge in [0, 0.05) is 25.4 Å². The van der Waals surface area contributed by atoms with Gasteiger partial charge in [-0.3, -0.25) is 9.48 Å². The third-order valence-corrected chi connectivity index (χ3v) is 7.02. The Morgan fingerprint density at radius 2 is 2.12 bits per heavy atom. The van der Waals surface area contributed by atoms with Gasteiger partial charge in [-0.1, -0.05) is 24.3 Å². The molecule has 0 unspecified atom stereocenters. The average Bonchev–Trinajstić information content (AvgIpc) is 3.41. The Morgan fingerprint density at radius 3 is 2.85 bits per heavy atom. The van der Waals surface area contributed by atoms with Gasteiger partial charge in [0.25, 0.3) is 5.91 Å². The molecule has 2 N–H and O–H groups in total. The van der Waals surface area contributed by atoms with E-state index in [1.165, 1.54) is 0 Å². The second-order valence-electron chi connectivity index (χ2n) is 8.49. The molecule has 0 radical (unpaired) electrons. The van der Waals surface area contributed by atoms with Crippen LogP contribution in [0.4, 0.5) is 0 Å². The number of benzene rings is 1. The maximum absolute atomic E-state index is 12.9. The molecule has 170 valence electrons. The summed E-state index contributed by atoms with van der Waals surface area (Å²) in [5.74, 6) is -0.266. The summed E-state index contributed by atoms with van der Waals surface area (Å²) in [5.41, 5.74) is 6.68. The molecule has 2 atom stereocenters. The number of aliphatic hydroxyl groups is 1. The van der Waals surface area contributed by atoms with Gasteiger partial charge in [0.1, 0.15) is 5.69 Å². The molecule has 4 heterocycles. The zero-order valence-electron chi connectivity index (χ0n) is 18.6. The van der Waals surface area contributed by atoms with E-state index in [1.807, 2.05) is 42.4 Å². The van der Waals surface area contributed by atoms with Gasteiger partial charge in [-0.2, -0.15) is 5.10 Å². The van der Waals surface area contributed by atoms with Gasteiger partial charge in [0.2, 0.25) is 0 Å². The van der Waals surface area contributed by atoms with Gasteiger partial charge >= 0.3 is 0 Å². The van der Waals surface area contributed by atoms with Crippen molar-refractivity contribution in [2.45, 2.75) is 31.9 Å². The Morgan fingerprint density at radius 1 is 1.30 bits per heavy atom. The van der Waals surface area contributed by atoms with E-state index in [2.05, 4.69) is 39.7 Å². The van der Waals surface area contributed by atoms with E-state index in [-0.39, 0.29) is 18.6 Å². The minimum absolute atomic E-state index is 0.238. The predicted molar refractivity (Wildman–Crippen MR) is 129 cm³/mol. The van der Waals surface area contributed by atoms with Crippen LogP contribution in [-0.2, 0) is 18.2 Å². The number of fused-ring (bicyclic) bond motifs is 1. The van der Waals surface area contributed by atoms with Gasteiger partial charge < -0.3 is 15.2 Å². The van der Waals surface area contributed by atoms with Gasteiger partial charge in [0.15, 0.2) is 0 Å². The lowest BCUT2D eigenvalue weighted by atomic mass is 10.0. The second kappa shape index (κ2) is 9.05. The molecule has 0 spiro atoms. The number of carbonyl (C=O) groups excluding carboxylic acids is 1. The molecule has 1 fully saturated rings. The Bertz CT molecular complexity index is 1290. The number of aromatic nitrogens is 3. The molecule has 0 saturated carbocycles. The zero-order valence-corrected chi connectivity index (χ0v) is 19.4. The Labute approximate surface area is 196 Å². The highest BCUT2D eigenvalue weighted by molar-refractivity contribution is 7.17. The number of carbonyl (C=O) groups is 1. The smallest absolute Gasteiger partial charge is 0.270 e. The van der Waals surface area contributed by atoms with E-state index >= 15 is 0 Å². The van der Waals surface area contributed by atoms with Gasteiger partial charge in [-0.05, 0) is 54.0 Å². The number of nitrogens with one attached hydrogen (secondary N) is 1. The van der Waals surface area contributed by atoms with E-state index in [0.29, 0.717) is 25.1 Å². The lowest BCUT2D eigenvalue weighted by molar-refractivity contribution is -0.0261. The number of thiophene rings is 1. The zero-order chi connectivity index (χ0) is 22.9. The molecule has 4 aromatic rings. The van der Waals surface area contributed by atoms with Crippen LogP contribution in [0.3, 0.4) is 0 Å². The van der Waals surface area contributed by atoms with Crippen molar-refractivity contribution in [2.75, 3.05) is 13.2 Å². The summed E-state index contributed by atoms with van der Waals surface area (Å²) in [6.07, 6.45) is 2.62. The maximum atomic E-state index is 12.9. The largest absolute Gasteiger partial charge is 0.389 e. The molecule has 0 aliphatic carbocycles. The van der Waals surface area contributed by atoms with Crippen molar-refractivity contribution in [1.82, 2.24) is 20.1 Å². The summed E-state index contributed by atoms with van der Waals surface area (Å²) in [7, 11) is 1.93. The first-order valence-electron chi connectivity index (χ1n) is 11.0. The fraction of sp³-hybridized carbons (Fsp3) is 0.320. The molecule has 3 aromatic heterocycles. The summed E-state index contributed by atoms with van der Waals surface area (Å²) in [5, 5.41) is 19.5. The molecule has 1 amide bonds. The second-order valence-corrected chi connectivity index (χ2v) is 9.40. The Hall–Kier alpha value is -3.07. The number of aryl methyl sites for hydroxylation is 2. The highest BCUT2D eigenvalue weighted by Crippen LogP contribution is 2.28. The van der Waals surface area contributed by atoms with Crippen molar-refractivity contribution in [1.29, 1.82) is 0 Å². The minimum atomic E-state index is -0.700. The maximum Gasteiger partial charge on any atom is 0.270 e. The topological polar surface area (TPSA) is 89.3 Å². The Balaban J connectivity index is 1.39. The summed E-state index contributed by atoms with van der Waals surface area (Å²) >= 11 is 1.63. The summed E-state index contributed by atoms with van der Waals surface area (Å²) in [6, 6.07) is 12.0. The highest BCUT2D eigenvalue weighted by atomic mass is 32.1. The summed E-state index contributed by atoms with van der Waals surface area (Å²) in [4.78, 5) is 17.5. The van der Waals surface area contributed by atoms with E-state index in [0.717, 1.165) is 38.2 Å². The Kier molecular flexibility index (Phi) is 5.97. The monoisotopic (exact) mass is 462 g/mol. The van der Waals surface area contributed by atoms with E-state index < -0.39 is 6.10 Å². The van der Waals surface area contributed by atoms with Crippen molar-refractivity contribution in [3.63, 3.8) is 0 Å². The molecule has 0 bridgehead atoms. The third kappa shape index (κ3) is 4.55. The van der Waals surface area contributed by atoms with Crippen LogP contribution in [0.2, 0.25) is 0 Å². The number of nitrogens with zero attached hydrogens (tertiary/aromatic N) is 3. The quantitative estimate of drug-likeness (QED) is 0.474. The highest BCUT2D eigenvalue weighted by Gasteiger charge is 2.26. The van der Waals surface area contributed by atoms with Crippen LogP contribution in [-0.4, -0.2) is 51.1 Å². The number of hydrogen-bond acceptors (Lipinski definition) is 6. The van der Waals surface area contributed by atoms with Crippen LogP contribution in [0.5, 0.6) is 0 Å². The lowest BCUT2D eigenvalue weighted by Gasteiger charge is -2.28. The first-order valence-corrected chi connectivity index (χ1v) is 11.9. The van der Waals surface area contributed by atoms with Gasteiger partial charge in [-0.25, -0.2) is 4.98 Å². The molecule has 1 aromatic carbocycles. The normalized spacial score (nSPS) is 18.5. The SMILES string of the molecule is Cc1nn(C)cc1-c1ccc(Cc2cc(C(=O)N[C@H]3CCOC[C@@H]3O)nc3ccsc23)cc1. The fourth-order valence-corrected chi connectivity index (χ4v) is 5.16. The molecule has 33 heavy (non-hydrogen) atoms. The van der Waals surface area contributed by atoms with Crippen LogP contribution < -0.4 is 5.32 Å². The summed E-state index contributed by atoms with van der Waals surface area (Å²) < 4.78 is 8.17. The van der Waals surface area contributed by atoms with E-state index in [1.54, 1.807) is 11.3 Å². The third-order valence-electron chi connectivity index (χ3n) is 6.04. The predicted octanol–water partition coefficient (Wildman–Crippen LogP) is 3.48. The van der Waals surface area contributed by atoms with Gasteiger partial charge in [-0.15, -0.1) is 11.3 Å². The first-order chi connectivity index (χ1) is 16.0. The molecule has 5 rings (SSSR count). The van der Waals surface area contributed by atoms with Crippen molar-refractivity contribution in [3.05, 3.63) is 70.5 Å². The number of hydrogen-bond donors (Lipinski definition) is 2. The van der Waals surface area contributed by atoms with Crippen LogP contribution in [0.25, 0.3) is 21.3 Å². The molecule has 7 nitrogen and oxygen atoms in total. The molecule has 8 heteroatoms. The standard InChI is InChI=1S/C25H26N4O3S/c1-15-19(13-29(2)28-15)17-5-3-16(4-6-17)11-18-12-22(26-21-8-10-33-24(18)21)25(31)27-20-7-9-32-14-23(20)30/h3-6,8,10,12-13,20,23,30H,7,9,11,14H2,1-2H3,(H,27,31)/t20-,23-/m0/s1. The lowest BCUT2D eigenvalue weighted by Crippen LogP contribution is -2.48. The molecule has 1 aliphatic heterocycles. The minimum Gasteiger partial charge on any atom is -0.389 e. The number of ether oxygens (including phenoxy) is 1. The number of rotatable bonds is 5. The van der Waals surface area contributed by atoms with Gasteiger partial charge in [0.05, 0.1) is 34.7 Å². The van der Waals surface area contributed by atoms with Crippen molar-refractivity contribution < 1.29 is 14.6 Å². The number of aliphatic hydroxyl groups excluding tert-OH is 1. The summed E-state index contributed by atoms with van der Waals surface area (Å²) in [6.45, 7) is 2.78. The molecule has 1 aliphatic rings. The van der Waals surface area contributed by atoms with Crippen molar-refractivity contribution in [3.8, 4) is 11.1 Å². The molecular weight excluding hydrogens is 436 g/mol. The van der Waals surface area contributed by atoms with Crippen LogP contribution in [0.15, 0.2) is 48.0 Å². The fourth-order valence-electron chi connectivity index (χ4n) is 4.31. The van der Waals surface area contributed by atoms with Crippen molar-refractivity contribution >= 4 is 27.5 Å². The number of pyridine rings is 1. The van der Waals surface area contributed by atoms with Crippen LogP contribution in [0, 0.1) is 6.92 Å². The molecular formula is C25H26N4O3S. The first kappa shape index (κ1) is 21.8.